The Morgan fingerprint density at radius 3 is 2.86 bits per heavy atom. The van der Waals surface area contributed by atoms with E-state index < -0.39 is 0 Å². The van der Waals surface area contributed by atoms with Gasteiger partial charge in [-0.3, -0.25) is 4.68 Å². The first-order valence-corrected chi connectivity index (χ1v) is 5.79. The van der Waals surface area contributed by atoms with Crippen molar-refractivity contribution in [3.8, 4) is 0 Å². The number of halogens is 1. The molecule has 3 nitrogen and oxygen atoms in total. The fourth-order valence-electron chi connectivity index (χ4n) is 1.12. The van der Waals surface area contributed by atoms with E-state index in [2.05, 4.69) is 34.9 Å². The molecule has 1 rings (SSSR count). The molecule has 80 valence electrons. The third-order valence-corrected chi connectivity index (χ3v) is 2.91. The molecule has 0 aliphatic heterocycles. The number of hydrogen-bond acceptors (Lipinski definition) is 2. The van der Waals surface area contributed by atoms with E-state index in [-0.39, 0.29) is 0 Å². The fraction of sp³-hybridized carbons (Fsp3) is 0.700. The quantitative estimate of drug-likeness (QED) is 0.814. The summed E-state index contributed by atoms with van der Waals surface area (Å²) in [5, 5.41) is 4.46. The van der Waals surface area contributed by atoms with Crippen molar-refractivity contribution in [3.05, 3.63) is 16.4 Å². The smallest absolute Gasteiger partial charge is 0.102 e. The first-order chi connectivity index (χ1) is 6.69. The Kier molecular flexibility index (Phi) is 4.62. The van der Waals surface area contributed by atoms with Crippen LogP contribution in [0.25, 0.3) is 0 Å². The van der Waals surface area contributed by atoms with Gasteiger partial charge in [-0.1, -0.05) is 6.92 Å². The van der Waals surface area contributed by atoms with E-state index in [9.17, 15) is 0 Å². The zero-order valence-corrected chi connectivity index (χ0v) is 10.5. The third-order valence-electron chi connectivity index (χ3n) is 2.24. The van der Waals surface area contributed by atoms with Gasteiger partial charge in [0.25, 0.3) is 0 Å². The molecule has 1 aromatic rings. The summed E-state index contributed by atoms with van der Waals surface area (Å²) in [7, 11) is 0. The Balaban J connectivity index is 2.71. The van der Waals surface area contributed by atoms with Crippen LogP contribution < -0.4 is 0 Å². The van der Waals surface area contributed by atoms with Crippen molar-refractivity contribution < 1.29 is 4.74 Å². The topological polar surface area (TPSA) is 27.1 Å². The predicted molar refractivity (Wildman–Crippen MR) is 60.3 cm³/mol. The van der Waals surface area contributed by atoms with E-state index in [0.717, 1.165) is 23.2 Å². The van der Waals surface area contributed by atoms with Crippen molar-refractivity contribution in [1.82, 2.24) is 9.78 Å². The molecule has 1 heterocycles. The highest BCUT2D eigenvalue weighted by Crippen LogP contribution is 2.19. The summed E-state index contributed by atoms with van der Waals surface area (Å²) in [6.45, 7) is 7.61. The first kappa shape index (κ1) is 11.7. The molecule has 1 aromatic heterocycles. The number of aromatic nitrogens is 2. The summed E-state index contributed by atoms with van der Waals surface area (Å²) in [5.41, 5.74) is 0.979. The Morgan fingerprint density at radius 2 is 2.29 bits per heavy atom. The molecule has 0 fully saturated rings. The summed E-state index contributed by atoms with van der Waals surface area (Å²) < 4.78 is 8.34. The zero-order chi connectivity index (χ0) is 10.6. The van der Waals surface area contributed by atoms with Crippen molar-refractivity contribution in [1.29, 1.82) is 0 Å². The van der Waals surface area contributed by atoms with E-state index in [4.69, 9.17) is 4.74 Å². The maximum atomic E-state index is 5.32. The minimum atomic E-state index is 0.446. The predicted octanol–water partition coefficient (Wildman–Crippen LogP) is 3.15. The Morgan fingerprint density at radius 1 is 1.57 bits per heavy atom. The molecule has 1 atom stereocenters. The molecule has 0 aromatic carbocycles. The zero-order valence-electron chi connectivity index (χ0n) is 8.96. The van der Waals surface area contributed by atoms with Gasteiger partial charge >= 0.3 is 0 Å². The van der Waals surface area contributed by atoms with Crippen LogP contribution in [0.4, 0.5) is 0 Å². The first-order valence-electron chi connectivity index (χ1n) is 5.00. The SMILES string of the molecule is CCOCc1nn(C(C)CC)cc1Br. The summed E-state index contributed by atoms with van der Waals surface area (Å²) in [4.78, 5) is 0. The van der Waals surface area contributed by atoms with Crippen molar-refractivity contribution in [2.45, 2.75) is 39.8 Å². The molecule has 0 aliphatic carbocycles. The molecule has 1 unspecified atom stereocenters. The van der Waals surface area contributed by atoms with Crippen molar-refractivity contribution >= 4 is 15.9 Å². The summed E-state index contributed by atoms with van der Waals surface area (Å²) >= 11 is 3.48. The van der Waals surface area contributed by atoms with Crippen LogP contribution in [0.5, 0.6) is 0 Å². The molecule has 0 radical (unpaired) electrons. The van der Waals surface area contributed by atoms with Crippen LogP contribution in [0.3, 0.4) is 0 Å². The molecule has 0 spiro atoms. The highest BCUT2D eigenvalue weighted by atomic mass is 79.9. The molecular formula is C10H17BrN2O. The lowest BCUT2D eigenvalue weighted by Crippen LogP contribution is -2.05. The minimum Gasteiger partial charge on any atom is -0.375 e. The van der Waals surface area contributed by atoms with Gasteiger partial charge in [-0.25, -0.2) is 0 Å². The minimum absolute atomic E-state index is 0.446. The van der Waals surface area contributed by atoms with Gasteiger partial charge in [-0.05, 0) is 36.2 Å². The van der Waals surface area contributed by atoms with E-state index in [1.807, 2.05) is 17.8 Å². The lowest BCUT2D eigenvalue weighted by Gasteiger charge is -2.07. The van der Waals surface area contributed by atoms with Gasteiger partial charge in [0.1, 0.15) is 5.69 Å². The van der Waals surface area contributed by atoms with Crippen molar-refractivity contribution in [3.63, 3.8) is 0 Å². The molecule has 14 heavy (non-hydrogen) atoms. The van der Waals surface area contributed by atoms with Gasteiger partial charge in [0, 0.05) is 18.8 Å². The van der Waals surface area contributed by atoms with Crippen LogP contribution in [-0.4, -0.2) is 16.4 Å². The molecule has 0 saturated heterocycles. The molecule has 0 N–H and O–H groups in total. The number of rotatable bonds is 5. The van der Waals surface area contributed by atoms with Gasteiger partial charge in [0.2, 0.25) is 0 Å². The van der Waals surface area contributed by atoms with Crippen molar-refractivity contribution in [2.24, 2.45) is 0 Å². The Labute approximate surface area is 93.6 Å². The molecule has 0 saturated carbocycles. The maximum absolute atomic E-state index is 5.32. The number of ether oxygens (including phenoxy) is 1. The maximum Gasteiger partial charge on any atom is 0.102 e. The second-order valence-corrected chi connectivity index (χ2v) is 4.15. The van der Waals surface area contributed by atoms with Gasteiger partial charge in [-0.2, -0.15) is 5.10 Å². The Bertz CT molecular complexity index is 286. The van der Waals surface area contributed by atoms with Crippen LogP contribution in [0.1, 0.15) is 38.9 Å². The Hall–Kier alpha value is -0.350. The van der Waals surface area contributed by atoms with Crippen LogP contribution >= 0.6 is 15.9 Å². The second kappa shape index (κ2) is 5.51. The molecule has 0 bridgehead atoms. The largest absolute Gasteiger partial charge is 0.375 e. The normalized spacial score (nSPS) is 13.1. The van der Waals surface area contributed by atoms with Crippen molar-refractivity contribution in [2.75, 3.05) is 6.61 Å². The number of nitrogens with zero attached hydrogens (tertiary/aromatic N) is 2. The van der Waals surface area contributed by atoms with E-state index in [1.54, 1.807) is 0 Å². The van der Waals surface area contributed by atoms with Gasteiger partial charge in [0.15, 0.2) is 0 Å². The monoisotopic (exact) mass is 260 g/mol. The van der Waals surface area contributed by atoms with Crippen LogP contribution in [0.15, 0.2) is 10.7 Å². The average molecular weight is 261 g/mol. The lowest BCUT2D eigenvalue weighted by molar-refractivity contribution is 0.130. The van der Waals surface area contributed by atoms with Gasteiger partial charge in [0.05, 0.1) is 11.1 Å². The summed E-state index contributed by atoms with van der Waals surface area (Å²) in [6, 6.07) is 0.446. The van der Waals surface area contributed by atoms with E-state index in [0.29, 0.717) is 12.6 Å². The van der Waals surface area contributed by atoms with Crippen LogP contribution in [0.2, 0.25) is 0 Å². The van der Waals surface area contributed by atoms with Gasteiger partial charge in [-0.15, -0.1) is 0 Å². The van der Waals surface area contributed by atoms with E-state index >= 15 is 0 Å². The molecule has 0 aliphatic rings. The highest BCUT2D eigenvalue weighted by molar-refractivity contribution is 9.10. The molecule has 0 amide bonds. The molecule has 4 heteroatoms. The lowest BCUT2D eigenvalue weighted by atomic mass is 10.3. The second-order valence-electron chi connectivity index (χ2n) is 3.30. The molecular weight excluding hydrogens is 244 g/mol. The van der Waals surface area contributed by atoms with Crippen LogP contribution in [0, 0.1) is 0 Å². The summed E-state index contributed by atoms with van der Waals surface area (Å²) in [5.74, 6) is 0. The standard InChI is InChI=1S/C10H17BrN2O/c1-4-8(3)13-6-9(11)10(12-13)7-14-5-2/h6,8H,4-5,7H2,1-3H3. The summed E-state index contributed by atoms with van der Waals surface area (Å²) in [6.07, 6.45) is 3.10. The highest BCUT2D eigenvalue weighted by Gasteiger charge is 2.09. The average Bonchev–Trinajstić information content (AvgIpc) is 2.56. The van der Waals surface area contributed by atoms with Gasteiger partial charge < -0.3 is 4.74 Å². The fourth-order valence-corrected chi connectivity index (χ4v) is 1.52. The van der Waals surface area contributed by atoms with E-state index in [1.165, 1.54) is 0 Å². The third kappa shape index (κ3) is 2.82. The number of hydrogen-bond donors (Lipinski definition) is 0. The van der Waals surface area contributed by atoms with Crippen LogP contribution in [-0.2, 0) is 11.3 Å².